The van der Waals surface area contributed by atoms with Crippen LogP contribution in [-0.2, 0) is 14.8 Å². The molecule has 22 heavy (non-hydrogen) atoms. The molecule has 0 spiro atoms. The minimum Gasteiger partial charge on any atom is -0.273 e. The van der Waals surface area contributed by atoms with E-state index in [-0.39, 0.29) is 22.9 Å². The Labute approximate surface area is 137 Å². The molecule has 2 amide bonds. The number of aryl methyl sites for hydroxylation is 1. The van der Waals surface area contributed by atoms with Gasteiger partial charge in [-0.1, -0.05) is 11.8 Å². The molecule has 1 aromatic heterocycles. The van der Waals surface area contributed by atoms with Crippen LogP contribution in [0.5, 0.6) is 0 Å². The molecule has 1 aromatic rings. The summed E-state index contributed by atoms with van der Waals surface area (Å²) in [6.07, 6.45) is 1.00. The number of nitrogens with zero attached hydrogens (tertiary/aromatic N) is 2. The van der Waals surface area contributed by atoms with Crippen LogP contribution in [0.15, 0.2) is 16.3 Å². The van der Waals surface area contributed by atoms with Crippen molar-refractivity contribution in [3.63, 3.8) is 0 Å². The van der Waals surface area contributed by atoms with E-state index in [4.69, 9.17) is 0 Å². The fraction of sp³-hybridized carbons (Fsp3) is 0.538. The van der Waals surface area contributed by atoms with Crippen molar-refractivity contribution < 1.29 is 18.0 Å². The third-order valence-electron chi connectivity index (χ3n) is 3.88. The summed E-state index contributed by atoms with van der Waals surface area (Å²) in [7, 11) is -3.46. The van der Waals surface area contributed by atoms with Crippen molar-refractivity contribution in [1.82, 2.24) is 9.21 Å². The Hall–Kier alpha value is -0.900. The van der Waals surface area contributed by atoms with E-state index in [1.54, 1.807) is 12.1 Å². The number of carbonyl (C=O) groups is 2. The van der Waals surface area contributed by atoms with Crippen LogP contribution in [-0.4, -0.2) is 53.7 Å². The summed E-state index contributed by atoms with van der Waals surface area (Å²) in [6, 6.07) is 3.25. The quantitative estimate of drug-likeness (QED) is 0.823. The van der Waals surface area contributed by atoms with Crippen LogP contribution in [0.4, 0.5) is 4.79 Å². The normalized spacial score (nSPS) is 21.8. The molecule has 0 bridgehead atoms. The van der Waals surface area contributed by atoms with Gasteiger partial charge < -0.3 is 0 Å². The van der Waals surface area contributed by atoms with Crippen LogP contribution < -0.4 is 0 Å². The Kier molecular flexibility index (Phi) is 4.32. The molecule has 0 saturated carbocycles. The van der Waals surface area contributed by atoms with E-state index >= 15 is 0 Å². The highest BCUT2D eigenvalue weighted by atomic mass is 32.2. The number of hydrogen-bond donors (Lipinski definition) is 0. The fourth-order valence-electron chi connectivity index (χ4n) is 2.74. The van der Waals surface area contributed by atoms with Gasteiger partial charge in [0.15, 0.2) is 0 Å². The topological polar surface area (TPSA) is 74.8 Å². The van der Waals surface area contributed by atoms with Crippen LogP contribution >= 0.6 is 23.1 Å². The van der Waals surface area contributed by atoms with Gasteiger partial charge in [0.05, 0.1) is 5.75 Å². The summed E-state index contributed by atoms with van der Waals surface area (Å²) in [5.41, 5.74) is 0. The third-order valence-corrected chi connectivity index (χ3v) is 8.08. The molecule has 0 N–H and O–H groups in total. The van der Waals surface area contributed by atoms with Gasteiger partial charge in [0.25, 0.3) is 15.3 Å². The number of hydrogen-bond acceptors (Lipinski definition) is 6. The molecule has 6 nitrogen and oxygen atoms in total. The van der Waals surface area contributed by atoms with E-state index in [0.29, 0.717) is 30.1 Å². The maximum Gasteiger partial charge on any atom is 0.289 e. The largest absolute Gasteiger partial charge is 0.289 e. The summed E-state index contributed by atoms with van der Waals surface area (Å²) in [6.45, 7) is 2.55. The summed E-state index contributed by atoms with van der Waals surface area (Å²) in [5, 5.41) is -0.208. The first kappa shape index (κ1) is 16.0. The lowest BCUT2D eigenvalue weighted by Crippen LogP contribution is -2.48. The Morgan fingerprint density at radius 2 is 1.86 bits per heavy atom. The van der Waals surface area contributed by atoms with Gasteiger partial charge in [-0.05, 0) is 31.9 Å². The zero-order valence-electron chi connectivity index (χ0n) is 12.0. The molecule has 2 fully saturated rings. The molecule has 0 radical (unpaired) electrons. The zero-order valence-corrected chi connectivity index (χ0v) is 14.5. The van der Waals surface area contributed by atoms with E-state index in [9.17, 15) is 18.0 Å². The first-order valence-electron chi connectivity index (χ1n) is 6.95. The number of thioether (sulfide) groups is 1. The third kappa shape index (κ3) is 2.82. The summed E-state index contributed by atoms with van der Waals surface area (Å²) >= 11 is 2.28. The predicted octanol–water partition coefficient (Wildman–Crippen LogP) is 1.91. The molecular weight excluding hydrogens is 344 g/mol. The molecule has 2 aliphatic heterocycles. The Bertz CT molecular complexity index is 689. The minimum atomic E-state index is -3.46. The summed E-state index contributed by atoms with van der Waals surface area (Å²) < 4.78 is 26.9. The molecule has 2 aliphatic rings. The van der Waals surface area contributed by atoms with Crippen LogP contribution in [0.3, 0.4) is 0 Å². The van der Waals surface area contributed by atoms with Gasteiger partial charge in [0.2, 0.25) is 5.91 Å². The molecule has 2 saturated heterocycles. The van der Waals surface area contributed by atoms with E-state index in [0.717, 1.165) is 16.6 Å². The highest BCUT2D eigenvalue weighted by Crippen LogP contribution is 2.30. The van der Waals surface area contributed by atoms with Crippen molar-refractivity contribution in [2.45, 2.75) is 30.0 Å². The second kappa shape index (κ2) is 5.95. The standard InChI is InChI=1S/C13H16N2O4S3/c1-9-2-3-12(21-9)22(18,19)14-6-4-10(5-7-14)15-11(16)8-20-13(15)17/h2-3,10H,4-8H2,1H3. The maximum atomic E-state index is 12.5. The zero-order chi connectivity index (χ0) is 15.9. The molecule has 0 aromatic carbocycles. The average molecular weight is 360 g/mol. The van der Waals surface area contributed by atoms with E-state index in [2.05, 4.69) is 0 Å². The number of piperidine rings is 1. The number of amides is 2. The number of sulfonamides is 1. The average Bonchev–Trinajstić information content (AvgIpc) is 3.06. The highest BCUT2D eigenvalue weighted by Gasteiger charge is 2.39. The Balaban J connectivity index is 1.69. The monoisotopic (exact) mass is 360 g/mol. The van der Waals surface area contributed by atoms with Crippen molar-refractivity contribution in [3.05, 3.63) is 17.0 Å². The lowest BCUT2D eigenvalue weighted by molar-refractivity contribution is -0.126. The van der Waals surface area contributed by atoms with Gasteiger partial charge in [0.1, 0.15) is 4.21 Å². The van der Waals surface area contributed by atoms with Gasteiger partial charge in [0, 0.05) is 24.0 Å². The van der Waals surface area contributed by atoms with E-state index in [1.807, 2.05) is 6.92 Å². The van der Waals surface area contributed by atoms with Crippen molar-refractivity contribution in [2.75, 3.05) is 18.8 Å². The van der Waals surface area contributed by atoms with Crippen molar-refractivity contribution in [3.8, 4) is 0 Å². The first-order chi connectivity index (χ1) is 10.4. The molecular formula is C13H16N2O4S3. The Morgan fingerprint density at radius 3 is 2.36 bits per heavy atom. The van der Waals surface area contributed by atoms with Crippen LogP contribution in [0.1, 0.15) is 17.7 Å². The Morgan fingerprint density at radius 1 is 1.18 bits per heavy atom. The first-order valence-corrected chi connectivity index (χ1v) is 10.2. The number of thiophene rings is 1. The van der Waals surface area contributed by atoms with Gasteiger partial charge in [-0.2, -0.15) is 4.31 Å². The number of imide groups is 1. The summed E-state index contributed by atoms with van der Waals surface area (Å²) in [4.78, 5) is 25.7. The SMILES string of the molecule is Cc1ccc(S(=O)(=O)N2CCC(N3C(=O)CSC3=O)CC2)s1. The van der Waals surface area contributed by atoms with Gasteiger partial charge in [-0.25, -0.2) is 8.42 Å². The molecule has 3 heterocycles. The second-order valence-corrected chi connectivity index (χ2v) is 9.70. The predicted molar refractivity (Wildman–Crippen MR) is 85.5 cm³/mol. The van der Waals surface area contributed by atoms with Gasteiger partial charge in [-0.3, -0.25) is 14.5 Å². The molecule has 120 valence electrons. The highest BCUT2D eigenvalue weighted by molar-refractivity contribution is 8.14. The lowest BCUT2D eigenvalue weighted by Gasteiger charge is -2.34. The molecule has 0 aliphatic carbocycles. The van der Waals surface area contributed by atoms with Gasteiger partial charge in [-0.15, -0.1) is 11.3 Å². The van der Waals surface area contributed by atoms with Crippen LogP contribution in [0, 0.1) is 6.92 Å². The molecule has 9 heteroatoms. The number of carbonyl (C=O) groups excluding carboxylic acids is 2. The second-order valence-electron chi connectivity index (χ2n) is 5.32. The van der Waals surface area contributed by atoms with Crippen molar-refractivity contribution in [1.29, 1.82) is 0 Å². The lowest BCUT2D eigenvalue weighted by atomic mass is 10.1. The van der Waals surface area contributed by atoms with E-state index < -0.39 is 10.0 Å². The van der Waals surface area contributed by atoms with Crippen LogP contribution in [0.2, 0.25) is 0 Å². The minimum absolute atomic E-state index is 0.162. The smallest absolute Gasteiger partial charge is 0.273 e. The summed E-state index contributed by atoms with van der Waals surface area (Å²) in [5.74, 6) is 0.0384. The van der Waals surface area contributed by atoms with Gasteiger partial charge >= 0.3 is 0 Å². The van der Waals surface area contributed by atoms with Crippen molar-refractivity contribution in [2.24, 2.45) is 0 Å². The molecule has 3 rings (SSSR count). The van der Waals surface area contributed by atoms with Crippen LogP contribution in [0.25, 0.3) is 0 Å². The maximum absolute atomic E-state index is 12.5. The molecule has 0 atom stereocenters. The molecule has 0 unspecified atom stereocenters. The van der Waals surface area contributed by atoms with E-state index in [1.165, 1.54) is 20.5 Å². The van der Waals surface area contributed by atoms with Crippen molar-refractivity contribution >= 4 is 44.3 Å². The fourth-order valence-corrected chi connectivity index (χ4v) is 6.42. The number of rotatable bonds is 3.